The lowest BCUT2D eigenvalue weighted by atomic mass is 9.44. The summed E-state index contributed by atoms with van der Waals surface area (Å²) >= 11 is 0. The van der Waals surface area contributed by atoms with E-state index in [9.17, 15) is 20.4 Å². The first-order valence-electron chi connectivity index (χ1n) is 16.8. The Hall–Kier alpha value is -0.320. The summed E-state index contributed by atoms with van der Waals surface area (Å²) in [4.78, 5) is 0. The maximum atomic E-state index is 10.5. The fourth-order valence-electron chi connectivity index (χ4n) is 11.7. The quantitative estimate of drug-likeness (QED) is 0.375. The van der Waals surface area contributed by atoms with Gasteiger partial charge in [-0.25, -0.2) is 0 Å². The molecule has 7 fully saturated rings. The van der Waals surface area contributed by atoms with E-state index in [2.05, 4.69) is 27.7 Å². The van der Waals surface area contributed by atoms with Crippen LogP contribution in [0.15, 0.2) is 0 Å². The predicted octanol–water partition coefficient (Wildman–Crippen LogP) is 3.62. The highest BCUT2D eigenvalue weighted by molar-refractivity contribution is 5.15. The maximum Gasteiger partial charge on any atom is 0.186 e. The predicted molar refractivity (Wildman–Crippen MR) is 150 cm³/mol. The zero-order chi connectivity index (χ0) is 28.9. The highest BCUT2D eigenvalue weighted by Gasteiger charge is 2.69. The van der Waals surface area contributed by atoms with Gasteiger partial charge in [-0.05, 0) is 104 Å². The van der Waals surface area contributed by atoms with Gasteiger partial charge in [0, 0.05) is 12.3 Å². The average Bonchev–Trinajstić information content (AvgIpc) is 3.40. The van der Waals surface area contributed by atoms with E-state index in [0.29, 0.717) is 35.2 Å². The third-order valence-corrected chi connectivity index (χ3v) is 14.1. The second-order valence-electron chi connectivity index (χ2n) is 15.9. The van der Waals surface area contributed by atoms with Crippen LogP contribution in [0.4, 0.5) is 0 Å². The van der Waals surface area contributed by atoms with Gasteiger partial charge >= 0.3 is 0 Å². The van der Waals surface area contributed by atoms with Gasteiger partial charge in [-0.15, -0.1) is 0 Å². The van der Waals surface area contributed by atoms with Gasteiger partial charge in [0.25, 0.3) is 0 Å². The van der Waals surface area contributed by atoms with Crippen LogP contribution in [0.2, 0.25) is 0 Å². The molecule has 17 atom stereocenters. The van der Waals surface area contributed by atoms with Gasteiger partial charge in [0.1, 0.15) is 24.4 Å². The molecule has 3 heterocycles. The first-order chi connectivity index (χ1) is 19.5. The summed E-state index contributed by atoms with van der Waals surface area (Å²) in [5, 5.41) is 40.4. The van der Waals surface area contributed by atoms with Crippen molar-refractivity contribution in [3.63, 3.8) is 0 Å². The number of aliphatic hydroxyl groups excluding tert-OH is 4. The van der Waals surface area contributed by atoms with Crippen molar-refractivity contribution in [3.05, 3.63) is 0 Å². The number of rotatable bonds is 3. The van der Waals surface area contributed by atoms with Crippen molar-refractivity contribution >= 4 is 0 Å². The highest BCUT2D eigenvalue weighted by atomic mass is 16.7. The summed E-state index contributed by atoms with van der Waals surface area (Å²) in [5.74, 6) is 4.08. The molecular formula is C33H54O8. The molecule has 3 aliphatic heterocycles. The summed E-state index contributed by atoms with van der Waals surface area (Å²) < 4.78 is 25.4. The van der Waals surface area contributed by atoms with Crippen LogP contribution in [0, 0.1) is 52.3 Å². The van der Waals surface area contributed by atoms with E-state index in [0.717, 1.165) is 50.0 Å². The Balaban J connectivity index is 1.03. The molecule has 41 heavy (non-hydrogen) atoms. The molecular weight excluding hydrogens is 524 g/mol. The largest absolute Gasteiger partial charge is 0.394 e. The molecule has 0 unspecified atom stereocenters. The minimum atomic E-state index is -1.40. The molecule has 0 aromatic heterocycles. The SMILES string of the molecule is C[C@H]1CC[C@@]2(OC1)O[C@@H]1C[C@@H]3[C@H]4CC[C@H]5C[C@@H](O[C@H]6O[C@@H](CO)[C@H](O)[C@@H](O)[C@@H]6O)CC[C@@]5(C)[C@@H]4CC[C@@]3(C)[C@@H]1[C@H]2C. The van der Waals surface area contributed by atoms with E-state index >= 15 is 0 Å². The number of fused-ring (bicyclic) bond motifs is 7. The van der Waals surface area contributed by atoms with Crippen LogP contribution in [0.1, 0.15) is 91.9 Å². The van der Waals surface area contributed by atoms with Gasteiger partial charge in [0.15, 0.2) is 12.1 Å². The molecule has 3 saturated heterocycles. The van der Waals surface area contributed by atoms with E-state index in [4.69, 9.17) is 18.9 Å². The Labute approximate surface area is 245 Å². The topological polar surface area (TPSA) is 118 Å². The summed E-state index contributed by atoms with van der Waals surface area (Å²) in [6.45, 7) is 10.3. The summed E-state index contributed by atoms with van der Waals surface area (Å²) in [5.41, 5.74) is 0.612. The molecule has 1 spiro atoms. The molecule has 0 amide bonds. The zero-order valence-corrected chi connectivity index (χ0v) is 25.5. The summed E-state index contributed by atoms with van der Waals surface area (Å²) in [6, 6.07) is 0. The van der Waals surface area contributed by atoms with Crippen molar-refractivity contribution in [3.8, 4) is 0 Å². The maximum absolute atomic E-state index is 10.5. The van der Waals surface area contributed by atoms with Gasteiger partial charge in [-0.1, -0.05) is 27.7 Å². The molecule has 8 heteroatoms. The Kier molecular flexibility index (Phi) is 7.43. The van der Waals surface area contributed by atoms with Crippen molar-refractivity contribution in [2.24, 2.45) is 52.3 Å². The van der Waals surface area contributed by atoms with Gasteiger partial charge < -0.3 is 39.4 Å². The molecule has 0 bridgehead atoms. The molecule has 0 radical (unpaired) electrons. The number of aliphatic hydroxyl groups is 4. The molecule has 7 aliphatic rings. The van der Waals surface area contributed by atoms with Crippen molar-refractivity contribution in [1.29, 1.82) is 0 Å². The fourth-order valence-corrected chi connectivity index (χ4v) is 11.7. The van der Waals surface area contributed by atoms with E-state index in [1.54, 1.807) is 0 Å². The Bertz CT molecular complexity index is 967. The Morgan fingerprint density at radius 2 is 1.61 bits per heavy atom. The van der Waals surface area contributed by atoms with Crippen molar-refractivity contribution < 1.29 is 39.4 Å². The fraction of sp³-hybridized carbons (Fsp3) is 1.00. The summed E-state index contributed by atoms with van der Waals surface area (Å²) in [6.07, 6.45) is 5.64. The molecule has 4 saturated carbocycles. The minimum absolute atomic E-state index is 0.0607. The molecule has 0 aromatic carbocycles. The van der Waals surface area contributed by atoms with E-state index in [1.807, 2.05) is 0 Å². The Morgan fingerprint density at radius 3 is 2.34 bits per heavy atom. The van der Waals surface area contributed by atoms with Crippen LogP contribution in [-0.4, -0.2) is 82.3 Å². The third kappa shape index (κ3) is 4.36. The van der Waals surface area contributed by atoms with E-state index in [1.165, 1.54) is 38.5 Å². The zero-order valence-electron chi connectivity index (χ0n) is 25.5. The Morgan fingerprint density at radius 1 is 0.829 bits per heavy atom. The second kappa shape index (κ2) is 10.4. The molecule has 0 aromatic rings. The molecule has 7 rings (SSSR count). The van der Waals surface area contributed by atoms with Gasteiger partial charge in [0.2, 0.25) is 0 Å². The minimum Gasteiger partial charge on any atom is -0.394 e. The lowest BCUT2D eigenvalue weighted by Crippen LogP contribution is -2.60. The third-order valence-electron chi connectivity index (χ3n) is 14.1. The first kappa shape index (κ1) is 29.4. The first-order valence-corrected chi connectivity index (χ1v) is 16.8. The van der Waals surface area contributed by atoms with Crippen molar-refractivity contribution in [2.75, 3.05) is 13.2 Å². The van der Waals surface area contributed by atoms with Crippen LogP contribution in [0.3, 0.4) is 0 Å². The number of hydrogen-bond acceptors (Lipinski definition) is 8. The summed E-state index contributed by atoms with van der Waals surface area (Å²) in [7, 11) is 0. The van der Waals surface area contributed by atoms with Gasteiger partial charge in [0.05, 0.1) is 25.4 Å². The number of hydrogen-bond donors (Lipinski definition) is 4. The monoisotopic (exact) mass is 578 g/mol. The van der Waals surface area contributed by atoms with Crippen molar-refractivity contribution in [1.82, 2.24) is 0 Å². The smallest absolute Gasteiger partial charge is 0.186 e. The second-order valence-corrected chi connectivity index (χ2v) is 15.9. The highest BCUT2D eigenvalue weighted by Crippen LogP contribution is 2.71. The lowest BCUT2D eigenvalue weighted by Gasteiger charge is -2.61. The van der Waals surface area contributed by atoms with Crippen LogP contribution in [0.5, 0.6) is 0 Å². The number of ether oxygens (including phenoxy) is 4. The van der Waals surface area contributed by atoms with Gasteiger partial charge in [-0.3, -0.25) is 0 Å². The average molecular weight is 579 g/mol. The van der Waals surface area contributed by atoms with Crippen LogP contribution in [0.25, 0.3) is 0 Å². The van der Waals surface area contributed by atoms with E-state index < -0.39 is 37.3 Å². The molecule has 4 N–H and O–H groups in total. The standard InChI is InChI=1S/C33H54O8/c1-17-7-12-33(38-16-17)18(2)26-24(41-33)14-23-21-6-5-19-13-20(8-10-31(19,3)22(21)9-11-32(23,26)4)39-30-29(37)28(36)27(35)25(15-34)40-30/h17-30,34-37H,5-16H2,1-4H3/t17-,18+,19-,20-,21-,22+,23+,24+,25-,26+,27-,28+,29-,30-,31+,32+,33+/m0/s1. The lowest BCUT2D eigenvalue weighted by molar-refractivity contribution is -0.316. The van der Waals surface area contributed by atoms with E-state index in [-0.39, 0.29) is 17.3 Å². The van der Waals surface area contributed by atoms with Gasteiger partial charge in [-0.2, -0.15) is 0 Å². The van der Waals surface area contributed by atoms with Crippen molar-refractivity contribution in [2.45, 2.75) is 141 Å². The molecule has 234 valence electrons. The van der Waals surface area contributed by atoms with Crippen LogP contribution in [-0.2, 0) is 18.9 Å². The molecule has 8 nitrogen and oxygen atoms in total. The normalized spacial score (nSPS) is 60.3. The van der Waals surface area contributed by atoms with Crippen LogP contribution < -0.4 is 0 Å². The molecule has 4 aliphatic carbocycles. The van der Waals surface area contributed by atoms with Crippen LogP contribution >= 0.6 is 0 Å².